The number of carbonyl (C=O) groups excluding carboxylic acids is 2. The quantitative estimate of drug-likeness (QED) is 0.302. The minimum Gasteiger partial charge on any atom is -0.497 e. The summed E-state index contributed by atoms with van der Waals surface area (Å²) in [5.41, 5.74) is 2.05. The molecule has 0 aliphatic heterocycles. The van der Waals surface area contributed by atoms with Crippen LogP contribution < -0.4 is 14.4 Å². The van der Waals surface area contributed by atoms with Gasteiger partial charge in [0.05, 0.1) is 17.7 Å². The van der Waals surface area contributed by atoms with E-state index in [-0.39, 0.29) is 23.4 Å². The lowest BCUT2D eigenvalue weighted by molar-refractivity contribution is -0.140. The highest BCUT2D eigenvalue weighted by Crippen LogP contribution is 2.26. The van der Waals surface area contributed by atoms with E-state index in [2.05, 4.69) is 5.32 Å². The van der Waals surface area contributed by atoms with Crippen molar-refractivity contribution in [2.45, 2.75) is 75.9 Å². The van der Waals surface area contributed by atoms with Crippen LogP contribution in [0.1, 0.15) is 56.6 Å². The number of rotatable bonds is 12. The number of carbonyl (C=O) groups is 2. The average molecular weight is 592 g/mol. The molecule has 9 heteroatoms. The molecule has 4 rings (SSSR count). The largest absolute Gasteiger partial charge is 0.497 e. The van der Waals surface area contributed by atoms with Gasteiger partial charge in [0, 0.05) is 12.6 Å². The van der Waals surface area contributed by atoms with E-state index in [0.717, 1.165) is 47.5 Å². The highest BCUT2D eigenvalue weighted by Gasteiger charge is 2.34. The number of methoxy groups -OCH3 is 1. The minimum atomic E-state index is -4.09. The maximum absolute atomic E-state index is 14.2. The lowest BCUT2D eigenvalue weighted by atomic mass is 9.95. The molecule has 2 amide bonds. The molecule has 0 aromatic heterocycles. The maximum Gasteiger partial charge on any atom is 0.264 e. The fourth-order valence-corrected chi connectivity index (χ4v) is 6.85. The molecule has 0 bridgehead atoms. The number of anilines is 1. The Morgan fingerprint density at radius 3 is 2.26 bits per heavy atom. The number of nitrogens with zero attached hydrogens (tertiary/aromatic N) is 2. The van der Waals surface area contributed by atoms with Crippen LogP contribution in [0.4, 0.5) is 5.69 Å². The first-order chi connectivity index (χ1) is 20.2. The van der Waals surface area contributed by atoms with Crippen LogP contribution in [0.3, 0.4) is 0 Å². The molecule has 3 aromatic rings. The van der Waals surface area contributed by atoms with Crippen LogP contribution in [0.5, 0.6) is 5.75 Å². The van der Waals surface area contributed by atoms with E-state index in [4.69, 9.17) is 4.74 Å². The zero-order valence-electron chi connectivity index (χ0n) is 24.7. The van der Waals surface area contributed by atoms with Gasteiger partial charge < -0.3 is 15.0 Å². The smallest absolute Gasteiger partial charge is 0.264 e. The van der Waals surface area contributed by atoms with E-state index >= 15 is 0 Å². The van der Waals surface area contributed by atoms with Crippen LogP contribution in [0.2, 0.25) is 0 Å². The topological polar surface area (TPSA) is 96.0 Å². The van der Waals surface area contributed by atoms with Crippen LogP contribution in [0.15, 0.2) is 83.8 Å². The van der Waals surface area contributed by atoms with Crippen molar-refractivity contribution in [3.05, 3.63) is 90.0 Å². The summed E-state index contributed by atoms with van der Waals surface area (Å²) < 4.78 is 34.3. The van der Waals surface area contributed by atoms with Gasteiger partial charge in [-0.3, -0.25) is 13.9 Å². The second kappa shape index (κ2) is 14.4. The van der Waals surface area contributed by atoms with Gasteiger partial charge in [-0.05, 0) is 73.7 Å². The van der Waals surface area contributed by atoms with Crippen molar-refractivity contribution in [1.29, 1.82) is 0 Å². The van der Waals surface area contributed by atoms with Crippen molar-refractivity contribution in [1.82, 2.24) is 10.2 Å². The van der Waals surface area contributed by atoms with Crippen LogP contribution in [-0.2, 0) is 26.2 Å². The highest BCUT2D eigenvalue weighted by atomic mass is 32.2. The standard InChI is InChI=1S/C33H41N3O5S/c1-4-31(33(38)34-27-13-7-5-8-14-27)35(23-26-18-20-29(41-3)21-19-26)32(37)24-36(28-15-11-12-25(2)22-28)42(39,40)30-16-9-6-10-17-30/h6,9-12,15-22,27,31H,4-5,7-8,13-14,23-24H2,1-3H3,(H,34,38). The summed E-state index contributed by atoms with van der Waals surface area (Å²) in [6.07, 6.45) is 5.53. The number of benzene rings is 3. The van der Waals surface area contributed by atoms with E-state index < -0.39 is 28.5 Å². The molecule has 8 nitrogen and oxygen atoms in total. The molecule has 1 aliphatic carbocycles. The van der Waals surface area contributed by atoms with Gasteiger partial charge in [0.25, 0.3) is 10.0 Å². The normalized spacial score (nSPS) is 14.5. The van der Waals surface area contributed by atoms with Gasteiger partial charge >= 0.3 is 0 Å². The third-order valence-electron chi connectivity index (χ3n) is 7.75. The Labute approximate surface area is 249 Å². The molecule has 0 spiro atoms. The lowest BCUT2D eigenvalue weighted by Crippen LogP contribution is -2.54. The van der Waals surface area contributed by atoms with E-state index in [9.17, 15) is 18.0 Å². The number of hydrogen-bond acceptors (Lipinski definition) is 5. The van der Waals surface area contributed by atoms with Crippen LogP contribution in [-0.4, -0.2) is 50.9 Å². The van der Waals surface area contributed by atoms with Gasteiger partial charge in [-0.2, -0.15) is 0 Å². The molecular weight excluding hydrogens is 550 g/mol. The summed E-state index contributed by atoms with van der Waals surface area (Å²) in [4.78, 5) is 29.5. The minimum absolute atomic E-state index is 0.0838. The molecule has 1 saturated carbocycles. The summed E-state index contributed by atoms with van der Waals surface area (Å²) in [5.74, 6) is 0.00930. The van der Waals surface area contributed by atoms with E-state index in [0.29, 0.717) is 17.9 Å². The molecule has 3 aromatic carbocycles. The fraction of sp³-hybridized carbons (Fsp3) is 0.394. The molecule has 1 atom stereocenters. The summed E-state index contributed by atoms with van der Waals surface area (Å²) in [6.45, 7) is 3.44. The van der Waals surface area contributed by atoms with Crippen molar-refractivity contribution in [2.75, 3.05) is 18.0 Å². The van der Waals surface area contributed by atoms with Crippen LogP contribution >= 0.6 is 0 Å². The zero-order valence-corrected chi connectivity index (χ0v) is 25.5. The van der Waals surface area contributed by atoms with Crippen molar-refractivity contribution in [2.24, 2.45) is 0 Å². The van der Waals surface area contributed by atoms with Crippen molar-refractivity contribution in [3.63, 3.8) is 0 Å². The number of sulfonamides is 1. The van der Waals surface area contributed by atoms with Crippen molar-refractivity contribution >= 4 is 27.5 Å². The molecule has 0 saturated heterocycles. The fourth-order valence-electron chi connectivity index (χ4n) is 5.42. The molecule has 42 heavy (non-hydrogen) atoms. The van der Waals surface area contributed by atoms with E-state index in [1.165, 1.54) is 17.0 Å². The van der Waals surface area contributed by atoms with Crippen molar-refractivity contribution < 1.29 is 22.7 Å². The molecule has 1 unspecified atom stereocenters. The molecule has 1 fully saturated rings. The zero-order chi connectivity index (χ0) is 30.1. The molecule has 0 radical (unpaired) electrons. The van der Waals surface area contributed by atoms with Gasteiger partial charge in [0.15, 0.2) is 0 Å². The number of hydrogen-bond donors (Lipinski definition) is 1. The third-order valence-corrected chi connectivity index (χ3v) is 9.54. The monoisotopic (exact) mass is 591 g/mol. The van der Waals surface area contributed by atoms with Gasteiger partial charge in [-0.15, -0.1) is 0 Å². The first-order valence-corrected chi connectivity index (χ1v) is 16.0. The SMILES string of the molecule is CCC(C(=O)NC1CCCCC1)N(Cc1ccc(OC)cc1)C(=O)CN(c1cccc(C)c1)S(=O)(=O)c1ccccc1. The summed E-state index contributed by atoms with van der Waals surface area (Å²) in [6, 6.07) is 21.8. The predicted molar refractivity (Wildman–Crippen MR) is 165 cm³/mol. The van der Waals surface area contributed by atoms with E-state index in [1.807, 2.05) is 32.0 Å². The molecule has 1 N–H and O–H groups in total. The second-order valence-electron chi connectivity index (χ2n) is 10.8. The van der Waals surface area contributed by atoms with Crippen molar-refractivity contribution in [3.8, 4) is 5.75 Å². The summed E-state index contributed by atoms with van der Waals surface area (Å²) in [7, 11) is -2.50. The molecule has 1 aliphatic rings. The summed E-state index contributed by atoms with van der Waals surface area (Å²) in [5, 5.41) is 3.17. The molecule has 0 heterocycles. The average Bonchev–Trinajstić information content (AvgIpc) is 3.00. The predicted octanol–water partition coefficient (Wildman–Crippen LogP) is 5.46. The highest BCUT2D eigenvalue weighted by molar-refractivity contribution is 7.92. The number of nitrogens with one attached hydrogen (secondary N) is 1. The summed E-state index contributed by atoms with van der Waals surface area (Å²) >= 11 is 0. The van der Waals surface area contributed by atoms with Gasteiger partial charge in [0.2, 0.25) is 11.8 Å². The Balaban J connectivity index is 1.69. The number of amides is 2. The van der Waals surface area contributed by atoms with Gasteiger partial charge in [-0.1, -0.05) is 68.7 Å². The van der Waals surface area contributed by atoms with E-state index in [1.54, 1.807) is 55.6 Å². The number of ether oxygens (including phenoxy) is 1. The Bertz CT molecular complexity index is 1440. The third kappa shape index (κ3) is 7.70. The Hall–Kier alpha value is -3.85. The van der Waals surface area contributed by atoms with Crippen LogP contribution in [0, 0.1) is 6.92 Å². The molecular formula is C33H41N3O5S. The molecule has 224 valence electrons. The Kier molecular flexibility index (Phi) is 10.6. The first-order valence-electron chi connectivity index (χ1n) is 14.6. The van der Waals surface area contributed by atoms with Crippen LogP contribution in [0.25, 0.3) is 0 Å². The Morgan fingerprint density at radius 1 is 0.952 bits per heavy atom. The van der Waals surface area contributed by atoms with Gasteiger partial charge in [-0.25, -0.2) is 8.42 Å². The Morgan fingerprint density at radius 2 is 1.64 bits per heavy atom. The maximum atomic E-state index is 14.2. The lowest BCUT2D eigenvalue weighted by Gasteiger charge is -2.34. The second-order valence-corrected chi connectivity index (χ2v) is 12.7. The van der Waals surface area contributed by atoms with Gasteiger partial charge in [0.1, 0.15) is 18.3 Å². The number of aryl methyl sites for hydroxylation is 1. The first kappa shape index (κ1) is 31.1.